The van der Waals surface area contributed by atoms with Gasteiger partial charge >= 0.3 is 5.97 Å². The quantitative estimate of drug-likeness (QED) is 0.798. The first kappa shape index (κ1) is 9.40. The molecule has 3 nitrogen and oxygen atoms in total. The van der Waals surface area contributed by atoms with E-state index in [2.05, 4.69) is 20.9 Å². The molecule has 0 amide bonds. The summed E-state index contributed by atoms with van der Waals surface area (Å²) in [6.45, 7) is 1.94. The van der Waals surface area contributed by atoms with Crippen molar-refractivity contribution in [1.82, 2.24) is 0 Å². The van der Waals surface area contributed by atoms with E-state index in [1.807, 2.05) is 19.1 Å². The lowest BCUT2D eigenvalue weighted by Gasteiger charge is -1.95. The van der Waals surface area contributed by atoms with Gasteiger partial charge in [0.1, 0.15) is 0 Å². The minimum Gasteiger partial charge on any atom is -0.479 e. The molecule has 0 spiro atoms. The van der Waals surface area contributed by atoms with E-state index in [0.717, 1.165) is 20.6 Å². The van der Waals surface area contributed by atoms with Crippen molar-refractivity contribution < 1.29 is 9.90 Å². The number of carbonyl (C=O) groups is 1. The third kappa shape index (κ3) is 1.35. The molecule has 1 aliphatic heterocycles. The van der Waals surface area contributed by atoms with Crippen molar-refractivity contribution in [2.45, 2.75) is 13.0 Å². The van der Waals surface area contributed by atoms with E-state index < -0.39 is 12.0 Å². The maximum atomic E-state index is 10.7. The van der Waals surface area contributed by atoms with Gasteiger partial charge < -0.3 is 5.11 Å². The van der Waals surface area contributed by atoms with Gasteiger partial charge in [-0.25, -0.2) is 4.79 Å². The van der Waals surface area contributed by atoms with Crippen molar-refractivity contribution in [2.75, 3.05) is 0 Å². The fraction of sp³-hybridized carbons (Fsp3) is 0.200. The highest BCUT2D eigenvalue weighted by molar-refractivity contribution is 9.10. The average molecular weight is 254 g/mol. The molecule has 0 aliphatic carbocycles. The van der Waals surface area contributed by atoms with Crippen LogP contribution in [-0.4, -0.2) is 17.1 Å². The van der Waals surface area contributed by atoms with Crippen LogP contribution in [0.4, 0.5) is 0 Å². The first-order valence-corrected chi connectivity index (χ1v) is 4.96. The van der Waals surface area contributed by atoms with E-state index in [0.29, 0.717) is 0 Å². The molecule has 1 aromatic rings. The van der Waals surface area contributed by atoms with Crippen LogP contribution >= 0.6 is 15.9 Å². The number of nitrogens with zero attached hydrogens (tertiary/aromatic N) is 1. The van der Waals surface area contributed by atoms with Gasteiger partial charge in [0.15, 0.2) is 6.04 Å². The lowest BCUT2D eigenvalue weighted by molar-refractivity contribution is -0.136. The molecule has 0 bridgehead atoms. The molecule has 4 heteroatoms. The highest BCUT2D eigenvalue weighted by Crippen LogP contribution is 2.10. The maximum Gasteiger partial charge on any atom is 0.332 e. The number of carboxylic acid groups (broad SMARTS) is 1. The van der Waals surface area contributed by atoms with E-state index in [1.165, 1.54) is 0 Å². The summed E-state index contributed by atoms with van der Waals surface area (Å²) in [6, 6.07) is 2.99. The predicted molar refractivity (Wildman–Crippen MR) is 55.5 cm³/mol. The molecule has 0 saturated heterocycles. The van der Waals surface area contributed by atoms with Crippen molar-refractivity contribution in [3.63, 3.8) is 0 Å². The van der Waals surface area contributed by atoms with Crippen molar-refractivity contribution >= 4 is 28.0 Å². The number of hydrogen-bond donors (Lipinski definition) is 1. The number of hydrogen-bond acceptors (Lipinski definition) is 2. The van der Waals surface area contributed by atoms with Gasteiger partial charge in [-0.1, -0.05) is 15.9 Å². The number of halogens is 1. The second-order valence-corrected chi connectivity index (χ2v) is 4.04. The van der Waals surface area contributed by atoms with E-state index in [-0.39, 0.29) is 0 Å². The molecule has 14 heavy (non-hydrogen) atoms. The number of fused-ring (bicyclic) bond motifs is 1. The highest BCUT2D eigenvalue weighted by Gasteiger charge is 2.17. The first-order valence-electron chi connectivity index (χ1n) is 4.17. The Kier molecular flexibility index (Phi) is 2.15. The van der Waals surface area contributed by atoms with Crippen molar-refractivity contribution in [1.29, 1.82) is 0 Å². The van der Waals surface area contributed by atoms with E-state index in [4.69, 9.17) is 5.11 Å². The molecule has 1 aromatic carbocycles. The molecular formula is C10H8BrNO2. The number of rotatable bonds is 1. The van der Waals surface area contributed by atoms with Gasteiger partial charge in [0.2, 0.25) is 0 Å². The molecule has 0 unspecified atom stereocenters. The van der Waals surface area contributed by atoms with Crippen LogP contribution in [0.25, 0.3) is 6.08 Å². The van der Waals surface area contributed by atoms with Gasteiger partial charge in [0.05, 0.1) is 5.36 Å². The molecule has 1 atom stereocenters. The molecule has 0 saturated carbocycles. The Hall–Kier alpha value is -1.16. The maximum absolute atomic E-state index is 10.7. The summed E-state index contributed by atoms with van der Waals surface area (Å²) in [5.41, 5.74) is 1.04. The summed E-state index contributed by atoms with van der Waals surface area (Å²) < 4.78 is 0.980. The van der Waals surface area contributed by atoms with Crippen molar-refractivity contribution in [3.8, 4) is 0 Å². The Morgan fingerprint density at radius 1 is 1.57 bits per heavy atom. The van der Waals surface area contributed by atoms with Crippen LogP contribution in [0, 0.1) is 6.92 Å². The zero-order valence-electron chi connectivity index (χ0n) is 7.49. The zero-order valence-corrected chi connectivity index (χ0v) is 9.08. The second kappa shape index (κ2) is 3.20. The van der Waals surface area contributed by atoms with Gasteiger partial charge in [0, 0.05) is 9.69 Å². The van der Waals surface area contributed by atoms with Gasteiger partial charge in [0.25, 0.3) is 0 Å². The molecule has 1 N–H and O–H groups in total. The minimum atomic E-state index is -0.906. The average Bonchev–Trinajstić information content (AvgIpc) is 2.56. The van der Waals surface area contributed by atoms with E-state index in [1.54, 1.807) is 6.08 Å². The molecule has 2 rings (SSSR count). The number of aliphatic carboxylic acids is 1. The summed E-state index contributed by atoms with van der Waals surface area (Å²) >= 11 is 3.40. The monoisotopic (exact) mass is 253 g/mol. The lowest BCUT2D eigenvalue weighted by Crippen LogP contribution is -2.24. The van der Waals surface area contributed by atoms with Crippen LogP contribution < -0.4 is 10.6 Å². The van der Waals surface area contributed by atoms with Crippen LogP contribution in [0.5, 0.6) is 0 Å². The lowest BCUT2D eigenvalue weighted by atomic mass is 10.1. The van der Waals surface area contributed by atoms with Gasteiger partial charge in [-0.05, 0) is 30.7 Å². The topological polar surface area (TPSA) is 49.7 Å². The van der Waals surface area contributed by atoms with Gasteiger partial charge in [-0.2, -0.15) is 0 Å². The number of benzene rings is 1. The fourth-order valence-electron chi connectivity index (χ4n) is 1.48. The third-order valence-corrected chi connectivity index (χ3v) is 3.14. The third-order valence-electron chi connectivity index (χ3n) is 2.28. The Morgan fingerprint density at radius 2 is 2.29 bits per heavy atom. The summed E-state index contributed by atoms with van der Waals surface area (Å²) in [6.07, 6.45) is 1.68. The first-order chi connectivity index (χ1) is 6.59. The van der Waals surface area contributed by atoms with Gasteiger partial charge in [-0.15, -0.1) is 0 Å². The second-order valence-electron chi connectivity index (χ2n) is 3.18. The zero-order chi connectivity index (χ0) is 10.3. The van der Waals surface area contributed by atoms with E-state index in [9.17, 15) is 4.79 Å². The normalized spacial score (nSPS) is 18.3. The van der Waals surface area contributed by atoms with Crippen molar-refractivity contribution in [2.24, 2.45) is 4.99 Å². The minimum absolute atomic E-state index is 0.724. The van der Waals surface area contributed by atoms with Crippen molar-refractivity contribution in [3.05, 3.63) is 32.7 Å². The molecular weight excluding hydrogens is 246 g/mol. The summed E-state index contributed by atoms with van der Waals surface area (Å²) in [5.74, 6) is -0.906. The summed E-state index contributed by atoms with van der Waals surface area (Å²) in [4.78, 5) is 14.8. The smallest absolute Gasteiger partial charge is 0.332 e. The fourth-order valence-corrected chi connectivity index (χ4v) is 1.83. The summed E-state index contributed by atoms with van der Waals surface area (Å²) in [7, 11) is 0. The van der Waals surface area contributed by atoms with Crippen LogP contribution in [0.3, 0.4) is 0 Å². The van der Waals surface area contributed by atoms with E-state index >= 15 is 0 Å². The molecule has 1 heterocycles. The Labute approximate surface area is 88.9 Å². The Bertz CT molecular complexity index is 522. The molecule has 72 valence electrons. The predicted octanol–water partition coefficient (Wildman–Crippen LogP) is 0.624. The Balaban J connectivity index is 2.70. The van der Waals surface area contributed by atoms with Crippen LogP contribution in [-0.2, 0) is 4.79 Å². The molecule has 1 aliphatic rings. The molecule has 0 aromatic heterocycles. The molecule has 0 fully saturated rings. The number of carboxylic acids is 1. The van der Waals surface area contributed by atoms with Crippen LogP contribution in [0.15, 0.2) is 21.6 Å². The Morgan fingerprint density at radius 3 is 2.93 bits per heavy atom. The van der Waals surface area contributed by atoms with Gasteiger partial charge in [-0.3, -0.25) is 4.99 Å². The van der Waals surface area contributed by atoms with Crippen LogP contribution in [0.1, 0.15) is 5.56 Å². The standard InChI is InChI=1S/C10H8BrNO2/c1-5-6-4-9(10(13)14)12-8(6)3-2-7(5)11/h2-4,9H,1H3,(H,13,14)/t9-/m0/s1. The highest BCUT2D eigenvalue weighted by atomic mass is 79.9. The molecule has 0 radical (unpaired) electrons. The SMILES string of the molecule is Cc1c(Br)ccc2c1=C[C@@H](C(=O)O)N=2. The largest absolute Gasteiger partial charge is 0.479 e. The van der Waals surface area contributed by atoms with Crippen LogP contribution in [0.2, 0.25) is 0 Å². The summed E-state index contributed by atoms with van der Waals surface area (Å²) in [5, 5.41) is 10.5.